The molecule has 2 nitrogen and oxygen atoms in total. The van der Waals surface area contributed by atoms with Gasteiger partial charge < -0.3 is 10.1 Å². The molecule has 0 fully saturated rings. The van der Waals surface area contributed by atoms with Crippen molar-refractivity contribution in [1.29, 1.82) is 0 Å². The van der Waals surface area contributed by atoms with Crippen LogP contribution in [0.5, 0.6) is 0 Å². The Morgan fingerprint density at radius 3 is 2.40 bits per heavy atom. The minimum absolute atomic E-state index is 0.0134. The first-order chi connectivity index (χ1) is 9.56. The maximum atomic E-state index is 13.7. The summed E-state index contributed by atoms with van der Waals surface area (Å²) in [6.45, 7) is 1.85. The van der Waals surface area contributed by atoms with Crippen molar-refractivity contribution in [1.82, 2.24) is 5.32 Å². The van der Waals surface area contributed by atoms with Gasteiger partial charge in [0.15, 0.2) is 0 Å². The number of halogens is 4. The summed E-state index contributed by atoms with van der Waals surface area (Å²) >= 11 is 0. The van der Waals surface area contributed by atoms with Crippen LogP contribution in [-0.2, 0) is 4.74 Å². The van der Waals surface area contributed by atoms with Crippen LogP contribution in [0.2, 0.25) is 0 Å². The van der Waals surface area contributed by atoms with E-state index in [4.69, 9.17) is 4.74 Å². The van der Waals surface area contributed by atoms with Gasteiger partial charge in [0.1, 0.15) is 18.2 Å². The van der Waals surface area contributed by atoms with Gasteiger partial charge in [-0.15, -0.1) is 0 Å². The van der Waals surface area contributed by atoms with Crippen LogP contribution in [0, 0.1) is 11.6 Å². The van der Waals surface area contributed by atoms with Gasteiger partial charge >= 0.3 is 0 Å². The van der Waals surface area contributed by atoms with E-state index in [-0.39, 0.29) is 18.6 Å². The average molecular weight is 293 g/mol. The summed E-state index contributed by atoms with van der Waals surface area (Å²) in [4.78, 5) is 0. The molecule has 6 heteroatoms. The molecule has 0 aliphatic rings. The van der Waals surface area contributed by atoms with Crippen molar-refractivity contribution in [3.63, 3.8) is 0 Å². The van der Waals surface area contributed by atoms with Gasteiger partial charge in [-0.2, -0.15) is 0 Å². The molecule has 1 aromatic rings. The summed E-state index contributed by atoms with van der Waals surface area (Å²) in [7, 11) is 0. The van der Waals surface area contributed by atoms with Crippen molar-refractivity contribution in [3.05, 3.63) is 35.4 Å². The van der Waals surface area contributed by atoms with Crippen LogP contribution in [0.15, 0.2) is 18.2 Å². The van der Waals surface area contributed by atoms with Crippen LogP contribution < -0.4 is 5.32 Å². The highest BCUT2D eigenvalue weighted by atomic mass is 19.3. The number of alkyl halides is 2. The fraction of sp³-hybridized carbons (Fsp3) is 0.571. The average Bonchev–Trinajstić information content (AvgIpc) is 2.39. The second-order valence-corrected chi connectivity index (χ2v) is 4.40. The first-order valence-electron chi connectivity index (χ1n) is 6.59. The molecule has 1 aromatic carbocycles. The highest BCUT2D eigenvalue weighted by Gasteiger charge is 2.19. The van der Waals surface area contributed by atoms with E-state index < -0.39 is 30.7 Å². The Bertz CT molecular complexity index is 381. The van der Waals surface area contributed by atoms with Crippen LogP contribution >= 0.6 is 0 Å². The van der Waals surface area contributed by atoms with Gasteiger partial charge in [-0.05, 0) is 31.5 Å². The zero-order valence-corrected chi connectivity index (χ0v) is 11.3. The molecule has 0 saturated carbocycles. The normalized spacial score (nSPS) is 12.9. The Hall–Kier alpha value is -1.14. The molecule has 1 atom stereocenters. The lowest BCUT2D eigenvalue weighted by Gasteiger charge is -2.20. The Balaban J connectivity index is 2.68. The van der Waals surface area contributed by atoms with E-state index in [0.29, 0.717) is 6.54 Å². The molecule has 0 amide bonds. The first kappa shape index (κ1) is 16.9. The summed E-state index contributed by atoms with van der Waals surface area (Å²) in [5, 5.41) is 3.01. The molecule has 0 radical (unpaired) electrons. The van der Waals surface area contributed by atoms with E-state index in [1.807, 2.05) is 6.92 Å². The predicted octanol–water partition coefficient (Wildman–Crippen LogP) is 3.68. The van der Waals surface area contributed by atoms with E-state index in [1.165, 1.54) is 18.2 Å². The molecule has 0 spiro atoms. The van der Waals surface area contributed by atoms with Crippen LogP contribution in [0.25, 0.3) is 0 Å². The number of rotatable bonds is 9. The quantitative estimate of drug-likeness (QED) is 0.554. The molecule has 0 aliphatic heterocycles. The standard InChI is InChI=1S/C14H19F4NO/c1-2-7-19-12(6-8-20-9-13(17)18)14-10(15)4-3-5-11(14)16/h3-5,12-13,19H,2,6-9H2,1H3. The smallest absolute Gasteiger partial charge is 0.261 e. The molecule has 1 N–H and O–H groups in total. The number of hydrogen-bond donors (Lipinski definition) is 1. The number of nitrogens with one attached hydrogen (secondary N) is 1. The van der Waals surface area contributed by atoms with E-state index >= 15 is 0 Å². The molecule has 1 rings (SSSR count). The first-order valence-corrected chi connectivity index (χ1v) is 6.59. The van der Waals surface area contributed by atoms with Crippen molar-refractivity contribution < 1.29 is 22.3 Å². The monoisotopic (exact) mass is 293 g/mol. The molecule has 0 saturated heterocycles. The van der Waals surface area contributed by atoms with Gasteiger partial charge in [-0.3, -0.25) is 0 Å². The van der Waals surface area contributed by atoms with Gasteiger partial charge in [-0.1, -0.05) is 13.0 Å². The summed E-state index contributed by atoms with van der Waals surface area (Å²) in [5.74, 6) is -1.29. The second-order valence-electron chi connectivity index (χ2n) is 4.40. The van der Waals surface area contributed by atoms with Gasteiger partial charge in [0.05, 0.1) is 0 Å². The lowest BCUT2D eigenvalue weighted by atomic mass is 10.0. The van der Waals surface area contributed by atoms with Crippen LogP contribution in [-0.4, -0.2) is 26.2 Å². The molecule has 0 heterocycles. The number of benzene rings is 1. The minimum atomic E-state index is -2.54. The predicted molar refractivity (Wildman–Crippen MR) is 68.8 cm³/mol. The minimum Gasteiger partial charge on any atom is -0.375 e. The van der Waals surface area contributed by atoms with Gasteiger partial charge in [0.25, 0.3) is 6.43 Å². The van der Waals surface area contributed by atoms with Crippen molar-refractivity contribution in [2.75, 3.05) is 19.8 Å². The second kappa shape index (κ2) is 8.92. The van der Waals surface area contributed by atoms with Crippen molar-refractivity contribution in [2.45, 2.75) is 32.2 Å². The fourth-order valence-electron chi connectivity index (χ4n) is 1.88. The third kappa shape index (κ3) is 5.46. The molecule has 0 aromatic heterocycles. The molecular formula is C14H19F4NO. The largest absolute Gasteiger partial charge is 0.375 e. The Labute approximate surface area is 116 Å². The molecule has 114 valence electrons. The number of ether oxygens (including phenoxy) is 1. The molecule has 1 unspecified atom stereocenters. The highest BCUT2D eigenvalue weighted by molar-refractivity contribution is 5.23. The third-order valence-electron chi connectivity index (χ3n) is 2.78. The van der Waals surface area contributed by atoms with E-state index in [1.54, 1.807) is 0 Å². The zero-order chi connectivity index (χ0) is 15.0. The van der Waals surface area contributed by atoms with Crippen LogP contribution in [0.3, 0.4) is 0 Å². The molecule has 20 heavy (non-hydrogen) atoms. The van der Waals surface area contributed by atoms with Crippen LogP contribution in [0.4, 0.5) is 17.6 Å². The van der Waals surface area contributed by atoms with Gasteiger partial charge in [0.2, 0.25) is 0 Å². The lowest BCUT2D eigenvalue weighted by molar-refractivity contribution is 0.0142. The fourth-order valence-corrected chi connectivity index (χ4v) is 1.88. The number of hydrogen-bond acceptors (Lipinski definition) is 2. The van der Waals surface area contributed by atoms with Crippen LogP contribution in [0.1, 0.15) is 31.4 Å². The zero-order valence-electron chi connectivity index (χ0n) is 11.3. The summed E-state index contributed by atoms with van der Waals surface area (Å²) in [6, 6.07) is 3.06. The van der Waals surface area contributed by atoms with E-state index in [9.17, 15) is 17.6 Å². The van der Waals surface area contributed by atoms with E-state index in [2.05, 4.69) is 5.32 Å². The molecule has 0 aliphatic carbocycles. The third-order valence-corrected chi connectivity index (χ3v) is 2.78. The molecular weight excluding hydrogens is 274 g/mol. The van der Waals surface area contributed by atoms with Crippen molar-refractivity contribution >= 4 is 0 Å². The summed E-state index contributed by atoms with van der Waals surface area (Å²) in [6.07, 6.45) is -1.52. The summed E-state index contributed by atoms with van der Waals surface area (Å²) < 4.78 is 56.1. The summed E-state index contributed by atoms with van der Waals surface area (Å²) in [5.41, 5.74) is -0.0680. The Kier molecular flexibility index (Phi) is 7.54. The van der Waals surface area contributed by atoms with Gasteiger partial charge in [0, 0.05) is 18.2 Å². The lowest BCUT2D eigenvalue weighted by Crippen LogP contribution is -2.25. The maximum absolute atomic E-state index is 13.7. The van der Waals surface area contributed by atoms with Crippen molar-refractivity contribution in [2.24, 2.45) is 0 Å². The SMILES string of the molecule is CCCNC(CCOCC(F)F)c1c(F)cccc1F. The highest BCUT2D eigenvalue weighted by Crippen LogP contribution is 2.23. The topological polar surface area (TPSA) is 21.3 Å². The Morgan fingerprint density at radius 2 is 1.85 bits per heavy atom. The van der Waals surface area contributed by atoms with Crippen molar-refractivity contribution in [3.8, 4) is 0 Å². The Morgan fingerprint density at radius 1 is 1.20 bits per heavy atom. The maximum Gasteiger partial charge on any atom is 0.261 e. The molecule has 0 bridgehead atoms. The van der Waals surface area contributed by atoms with Gasteiger partial charge in [-0.25, -0.2) is 17.6 Å². The van der Waals surface area contributed by atoms with E-state index in [0.717, 1.165) is 6.42 Å².